The lowest BCUT2D eigenvalue weighted by molar-refractivity contribution is -0.384. The maximum Gasteiger partial charge on any atom is 0.288 e. The Morgan fingerprint density at radius 2 is 1.78 bits per heavy atom. The quantitative estimate of drug-likeness (QED) is 0.627. The Hall–Kier alpha value is -2.49. The van der Waals surface area contributed by atoms with Gasteiger partial charge in [-0.3, -0.25) is 20.3 Å². The summed E-state index contributed by atoms with van der Waals surface area (Å²) in [5.74, 6) is -0.857. The van der Waals surface area contributed by atoms with Gasteiger partial charge in [0.1, 0.15) is 5.02 Å². The molecule has 120 valence electrons. The molecule has 0 aliphatic rings. The number of amides is 1. The molecule has 0 aliphatic heterocycles. The third-order valence-corrected chi connectivity index (χ3v) is 4.34. The van der Waals surface area contributed by atoms with E-state index in [2.05, 4.69) is 0 Å². The number of benzene rings is 2. The number of nitro groups is 1. The maximum absolute atomic E-state index is 11.9. The van der Waals surface area contributed by atoms with Gasteiger partial charge in [-0.15, -0.1) is 4.83 Å². The Morgan fingerprint density at radius 3 is 2.39 bits per heavy atom. The van der Waals surface area contributed by atoms with E-state index in [1.54, 1.807) is 6.07 Å². The summed E-state index contributed by atoms with van der Waals surface area (Å²) < 4.78 is 23.9. The molecule has 0 bridgehead atoms. The Kier molecular flexibility index (Phi) is 4.94. The van der Waals surface area contributed by atoms with E-state index in [4.69, 9.17) is 11.6 Å². The SMILES string of the molecule is O=C(NNS(=O)(=O)c1ccccc1)c1ccc(Cl)c([N+](=O)[O-])c1. The largest absolute Gasteiger partial charge is 0.288 e. The number of rotatable bonds is 5. The molecule has 0 saturated heterocycles. The molecule has 0 radical (unpaired) electrons. The summed E-state index contributed by atoms with van der Waals surface area (Å²) in [5, 5.41) is 10.6. The number of sulfonamides is 1. The Labute approximate surface area is 136 Å². The van der Waals surface area contributed by atoms with E-state index in [9.17, 15) is 23.3 Å². The van der Waals surface area contributed by atoms with E-state index < -0.39 is 26.5 Å². The zero-order chi connectivity index (χ0) is 17.0. The van der Waals surface area contributed by atoms with E-state index >= 15 is 0 Å². The second kappa shape index (κ2) is 6.73. The molecule has 0 fully saturated rings. The van der Waals surface area contributed by atoms with Crippen LogP contribution in [-0.4, -0.2) is 19.2 Å². The predicted molar refractivity (Wildman–Crippen MR) is 82.3 cm³/mol. The molecule has 10 heteroatoms. The maximum atomic E-state index is 11.9. The molecule has 2 N–H and O–H groups in total. The average molecular weight is 356 g/mol. The number of carbonyl (C=O) groups excluding carboxylic acids is 1. The van der Waals surface area contributed by atoms with Crippen LogP contribution in [0.1, 0.15) is 10.4 Å². The molecule has 0 heterocycles. The van der Waals surface area contributed by atoms with Crippen LogP contribution in [0.5, 0.6) is 0 Å². The molecule has 23 heavy (non-hydrogen) atoms. The van der Waals surface area contributed by atoms with Crippen LogP contribution in [0, 0.1) is 10.1 Å². The first kappa shape index (κ1) is 16.9. The minimum absolute atomic E-state index is 0.0395. The Bertz CT molecular complexity index is 855. The number of nitrogens with one attached hydrogen (secondary N) is 2. The van der Waals surface area contributed by atoms with Crippen molar-refractivity contribution in [1.82, 2.24) is 10.3 Å². The fourth-order valence-electron chi connectivity index (χ4n) is 1.64. The zero-order valence-corrected chi connectivity index (χ0v) is 13.0. The molecular weight excluding hydrogens is 346 g/mol. The molecule has 2 aromatic rings. The molecule has 0 atom stereocenters. The first-order valence-electron chi connectivity index (χ1n) is 6.12. The van der Waals surface area contributed by atoms with Gasteiger partial charge >= 0.3 is 0 Å². The zero-order valence-electron chi connectivity index (χ0n) is 11.4. The highest BCUT2D eigenvalue weighted by molar-refractivity contribution is 7.89. The first-order valence-corrected chi connectivity index (χ1v) is 7.98. The minimum atomic E-state index is -3.94. The van der Waals surface area contributed by atoms with Crippen molar-refractivity contribution in [3.8, 4) is 0 Å². The number of carbonyl (C=O) groups is 1. The van der Waals surface area contributed by atoms with Crippen molar-refractivity contribution in [2.45, 2.75) is 4.90 Å². The highest BCUT2D eigenvalue weighted by atomic mass is 35.5. The predicted octanol–water partition coefficient (Wildman–Crippen LogP) is 1.87. The van der Waals surface area contributed by atoms with Gasteiger partial charge in [0, 0.05) is 11.6 Å². The van der Waals surface area contributed by atoms with Gasteiger partial charge in [0.05, 0.1) is 9.82 Å². The summed E-state index contributed by atoms with van der Waals surface area (Å²) in [6, 6.07) is 10.8. The number of nitrogens with zero attached hydrogens (tertiary/aromatic N) is 1. The Morgan fingerprint density at radius 1 is 1.13 bits per heavy atom. The number of nitro benzene ring substituents is 1. The number of hydrogen-bond donors (Lipinski definition) is 2. The fraction of sp³-hybridized carbons (Fsp3) is 0. The normalized spacial score (nSPS) is 11.0. The number of halogens is 1. The number of hydrazine groups is 1. The molecule has 1 amide bonds. The topological polar surface area (TPSA) is 118 Å². The van der Waals surface area contributed by atoms with Crippen LogP contribution in [0.3, 0.4) is 0 Å². The van der Waals surface area contributed by atoms with Crippen molar-refractivity contribution in [2.75, 3.05) is 0 Å². The lowest BCUT2D eigenvalue weighted by Gasteiger charge is -2.08. The summed E-state index contributed by atoms with van der Waals surface area (Å²) in [5.41, 5.74) is 1.41. The molecule has 0 aromatic heterocycles. The molecule has 2 aromatic carbocycles. The Balaban J connectivity index is 2.14. The van der Waals surface area contributed by atoms with Gasteiger partial charge < -0.3 is 0 Å². The summed E-state index contributed by atoms with van der Waals surface area (Å²) in [6.45, 7) is 0. The number of hydrogen-bond acceptors (Lipinski definition) is 5. The van der Waals surface area contributed by atoms with Crippen molar-refractivity contribution in [3.63, 3.8) is 0 Å². The molecule has 0 unspecified atom stereocenters. The monoisotopic (exact) mass is 355 g/mol. The molecular formula is C13H10ClN3O5S. The lowest BCUT2D eigenvalue weighted by Crippen LogP contribution is -2.41. The van der Waals surface area contributed by atoms with Gasteiger partial charge in [-0.2, -0.15) is 0 Å². The van der Waals surface area contributed by atoms with Crippen molar-refractivity contribution < 1.29 is 18.1 Å². The van der Waals surface area contributed by atoms with Crippen LogP contribution in [0.15, 0.2) is 53.4 Å². The van der Waals surface area contributed by atoms with Crippen LogP contribution >= 0.6 is 11.6 Å². The van der Waals surface area contributed by atoms with Crippen LogP contribution in [0.4, 0.5) is 5.69 Å². The van der Waals surface area contributed by atoms with Gasteiger partial charge in [-0.1, -0.05) is 29.8 Å². The molecule has 0 spiro atoms. The van der Waals surface area contributed by atoms with Crippen LogP contribution in [0.2, 0.25) is 5.02 Å². The smallest absolute Gasteiger partial charge is 0.273 e. The van der Waals surface area contributed by atoms with E-state index in [0.29, 0.717) is 0 Å². The van der Waals surface area contributed by atoms with Crippen molar-refractivity contribution >= 4 is 33.2 Å². The van der Waals surface area contributed by atoms with Gasteiger partial charge in [-0.25, -0.2) is 8.42 Å². The highest BCUT2D eigenvalue weighted by Crippen LogP contribution is 2.24. The summed E-state index contributed by atoms with van der Waals surface area (Å²) in [4.78, 5) is 23.8. The summed E-state index contributed by atoms with van der Waals surface area (Å²) >= 11 is 5.64. The molecule has 0 saturated carbocycles. The summed E-state index contributed by atoms with van der Waals surface area (Å²) in [6.07, 6.45) is 0. The fourth-order valence-corrected chi connectivity index (χ4v) is 2.69. The standard InChI is InChI=1S/C13H10ClN3O5S/c14-11-7-6-9(8-12(11)17(19)20)13(18)15-16-23(21,22)10-4-2-1-3-5-10/h1-8,16H,(H,15,18). The van der Waals surface area contributed by atoms with Crippen LogP contribution in [0.25, 0.3) is 0 Å². The van der Waals surface area contributed by atoms with Crippen molar-refractivity contribution in [3.05, 3.63) is 69.2 Å². The molecule has 2 rings (SSSR count). The molecule has 8 nitrogen and oxygen atoms in total. The van der Waals surface area contributed by atoms with Crippen molar-refractivity contribution in [1.29, 1.82) is 0 Å². The van der Waals surface area contributed by atoms with Crippen LogP contribution in [-0.2, 0) is 10.0 Å². The average Bonchev–Trinajstić information content (AvgIpc) is 2.53. The third-order valence-electron chi connectivity index (χ3n) is 2.76. The summed E-state index contributed by atoms with van der Waals surface area (Å²) in [7, 11) is -3.94. The van der Waals surface area contributed by atoms with Gasteiger partial charge in [0.15, 0.2) is 0 Å². The molecule has 0 aliphatic carbocycles. The van der Waals surface area contributed by atoms with E-state index in [1.807, 2.05) is 10.3 Å². The van der Waals surface area contributed by atoms with Gasteiger partial charge in [0.25, 0.3) is 21.6 Å². The van der Waals surface area contributed by atoms with Crippen molar-refractivity contribution in [2.24, 2.45) is 0 Å². The van der Waals surface area contributed by atoms with E-state index in [0.717, 1.165) is 6.07 Å². The minimum Gasteiger partial charge on any atom is -0.273 e. The second-order valence-electron chi connectivity index (χ2n) is 4.30. The second-order valence-corrected chi connectivity index (χ2v) is 6.39. The first-order chi connectivity index (χ1) is 10.8. The van der Waals surface area contributed by atoms with Gasteiger partial charge in [0.2, 0.25) is 0 Å². The lowest BCUT2D eigenvalue weighted by atomic mass is 10.2. The van der Waals surface area contributed by atoms with Crippen LogP contribution < -0.4 is 10.3 Å². The van der Waals surface area contributed by atoms with E-state index in [-0.39, 0.29) is 15.5 Å². The highest BCUT2D eigenvalue weighted by Gasteiger charge is 2.18. The van der Waals surface area contributed by atoms with Gasteiger partial charge in [-0.05, 0) is 24.3 Å². The van der Waals surface area contributed by atoms with E-state index in [1.165, 1.54) is 36.4 Å². The third kappa shape index (κ3) is 4.03.